The van der Waals surface area contributed by atoms with E-state index in [-0.39, 0.29) is 0 Å². The maximum Gasteiger partial charge on any atom is 0.0562 e. The van der Waals surface area contributed by atoms with Crippen molar-refractivity contribution in [1.29, 1.82) is 0 Å². The molecule has 1 saturated heterocycles. The van der Waals surface area contributed by atoms with E-state index in [1.807, 2.05) is 23.5 Å². The Morgan fingerprint density at radius 2 is 2.29 bits per heavy atom. The van der Waals surface area contributed by atoms with Gasteiger partial charge < -0.3 is 0 Å². The van der Waals surface area contributed by atoms with Crippen LogP contribution < -0.4 is 0 Å². The zero-order valence-corrected chi connectivity index (χ0v) is 6.49. The molecule has 42 valence electrons. The predicted octanol–water partition coefficient (Wildman–Crippen LogP) is 1.72. The molecule has 1 heterocycles. The lowest BCUT2D eigenvalue weighted by Crippen LogP contribution is -2.06. The highest BCUT2D eigenvalue weighted by Gasteiger charge is 2.07. The van der Waals surface area contributed by atoms with Crippen molar-refractivity contribution >= 4 is 36.2 Å². The maximum absolute atomic E-state index is 4.30. The van der Waals surface area contributed by atoms with Crippen LogP contribution in [0.4, 0.5) is 0 Å². The molecule has 3 heteroatoms. The van der Waals surface area contributed by atoms with Crippen LogP contribution in [0, 0.1) is 0 Å². The molecular weight excluding hydrogens is 144 g/mol. The largest absolute Gasteiger partial charge is 0.164 e. The molecule has 1 rings (SSSR count). The summed E-state index contributed by atoms with van der Waals surface area (Å²) in [5.41, 5.74) is 0. The van der Waals surface area contributed by atoms with E-state index in [0.717, 1.165) is 0 Å². The van der Waals surface area contributed by atoms with Crippen molar-refractivity contribution in [2.24, 2.45) is 0 Å². The average molecular weight is 152 g/mol. The topological polar surface area (TPSA) is 0 Å². The Kier molecular flexibility index (Phi) is 2.78. The van der Waals surface area contributed by atoms with Gasteiger partial charge in [0.15, 0.2) is 0 Å². The molecule has 0 aromatic heterocycles. The Morgan fingerprint density at radius 1 is 1.43 bits per heavy atom. The van der Waals surface area contributed by atoms with Gasteiger partial charge in [0.25, 0.3) is 0 Å². The molecule has 1 atom stereocenters. The fourth-order valence-electron chi connectivity index (χ4n) is 0.475. The molecule has 1 fully saturated rings. The minimum Gasteiger partial charge on any atom is -0.164 e. The molecule has 1 aliphatic rings. The molecule has 0 spiro atoms. The Hall–Kier alpha value is 1.05. The summed E-state index contributed by atoms with van der Waals surface area (Å²) in [5, 5.41) is 0. The second-order valence-electron chi connectivity index (χ2n) is 1.40. The minimum atomic E-state index is 0.610. The summed E-state index contributed by atoms with van der Waals surface area (Å²) in [4.78, 5) is 0. The lowest BCUT2D eigenvalue weighted by Gasteiger charge is -2.14. The molecule has 1 unspecified atom stereocenters. The van der Waals surface area contributed by atoms with Crippen LogP contribution in [0.5, 0.6) is 0 Å². The summed E-state index contributed by atoms with van der Waals surface area (Å²) in [5.74, 6) is 3.84. The van der Waals surface area contributed by atoms with Crippen LogP contribution in [0.2, 0.25) is 0 Å². The Labute approximate surface area is 58.2 Å². The van der Waals surface area contributed by atoms with Crippen LogP contribution in [0.3, 0.4) is 0 Å². The van der Waals surface area contributed by atoms with E-state index in [2.05, 4.69) is 12.6 Å². The number of hydrogen-bond donors (Lipinski definition) is 1. The van der Waals surface area contributed by atoms with E-state index in [1.54, 1.807) is 0 Å². The molecule has 0 aromatic carbocycles. The SMILES string of the molecule is SC1CSCCS1. The first-order valence-electron chi connectivity index (χ1n) is 2.27. The van der Waals surface area contributed by atoms with Gasteiger partial charge in [-0.15, -0.1) is 11.8 Å². The van der Waals surface area contributed by atoms with Crippen molar-refractivity contribution in [3.8, 4) is 0 Å². The fourth-order valence-corrected chi connectivity index (χ4v) is 3.28. The predicted molar refractivity (Wildman–Crippen MR) is 42.6 cm³/mol. The smallest absolute Gasteiger partial charge is 0.0562 e. The van der Waals surface area contributed by atoms with Gasteiger partial charge in [-0.1, -0.05) is 0 Å². The van der Waals surface area contributed by atoms with Gasteiger partial charge in [-0.05, 0) is 0 Å². The fraction of sp³-hybridized carbons (Fsp3) is 1.00. The number of thioether (sulfide) groups is 2. The van der Waals surface area contributed by atoms with Crippen LogP contribution in [-0.2, 0) is 0 Å². The van der Waals surface area contributed by atoms with Crippen molar-refractivity contribution in [1.82, 2.24) is 0 Å². The molecular formula is C4H8S3. The van der Waals surface area contributed by atoms with Crippen LogP contribution in [-0.4, -0.2) is 21.8 Å². The first kappa shape index (κ1) is 6.17. The molecule has 0 N–H and O–H groups in total. The molecule has 0 aromatic rings. The average Bonchev–Trinajstić information content (AvgIpc) is 1.69. The van der Waals surface area contributed by atoms with Gasteiger partial charge in [-0.25, -0.2) is 0 Å². The second-order valence-corrected chi connectivity index (χ2v) is 4.83. The summed E-state index contributed by atoms with van der Waals surface area (Å²) in [7, 11) is 0. The molecule has 0 saturated carbocycles. The number of rotatable bonds is 0. The third-order valence-corrected chi connectivity index (χ3v) is 4.20. The molecule has 0 amide bonds. The van der Waals surface area contributed by atoms with Crippen molar-refractivity contribution in [2.75, 3.05) is 17.3 Å². The zero-order chi connectivity index (χ0) is 5.11. The molecule has 0 radical (unpaired) electrons. The van der Waals surface area contributed by atoms with Crippen molar-refractivity contribution in [3.63, 3.8) is 0 Å². The van der Waals surface area contributed by atoms with E-state index in [4.69, 9.17) is 0 Å². The summed E-state index contributed by atoms with van der Waals surface area (Å²) < 4.78 is 0.610. The van der Waals surface area contributed by atoms with E-state index in [9.17, 15) is 0 Å². The maximum atomic E-state index is 4.30. The zero-order valence-electron chi connectivity index (χ0n) is 3.96. The highest BCUT2D eigenvalue weighted by molar-refractivity contribution is 8.14. The van der Waals surface area contributed by atoms with Crippen molar-refractivity contribution < 1.29 is 0 Å². The molecule has 1 aliphatic heterocycles. The first-order valence-corrected chi connectivity index (χ1v) is 4.99. The van der Waals surface area contributed by atoms with Gasteiger partial charge in [-0.2, -0.15) is 24.4 Å². The van der Waals surface area contributed by atoms with Gasteiger partial charge in [0.05, 0.1) is 4.58 Å². The lowest BCUT2D eigenvalue weighted by molar-refractivity contribution is 1.38. The van der Waals surface area contributed by atoms with Crippen LogP contribution in [0.25, 0.3) is 0 Å². The van der Waals surface area contributed by atoms with Crippen molar-refractivity contribution in [2.45, 2.75) is 4.58 Å². The highest BCUT2D eigenvalue weighted by atomic mass is 32.2. The quantitative estimate of drug-likeness (QED) is 0.525. The van der Waals surface area contributed by atoms with E-state index < -0.39 is 0 Å². The van der Waals surface area contributed by atoms with Crippen LogP contribution in [0.1, 0.15) is 0 Å². The molecule has 0 nitrogen and oxygen atoms in total. The normalized spacial score (nSPS) is 33.0. The molecule has 0 aliphatic carbocycles. The van der Waals surface area contributed by atoms with Crippen LogP contribution in [0.15, 0.2) is 0 Å². The highest BCUT2D eigenvalue weighted by Crippen LogP contribution is 2.25. The Bertz CT molecular complexity index is 48.9. The summed E-state index contributed by atoms with van der Waals surface area (Å²) in [6, 6.07) is 0. The van der Waals surface area contributed by atoms with Gasteiger partial charge in [0, 0.05) is 17.3 Å². The third-order valence-electron chi connectivity index (χ3n) is 0.798. The first-order chi connectivity index (χ1) is 3.39. The third kappa shape index (κ3) is 2.20. The van der Waals surface area contributed by atoms with Gasteiger partial charge >= 0.3 is 0 Å². The van der Waals surface area contributed by atoms with Gasteiger partial charge in [-0.3, -0.25) is 0 Å². The monoisotopic (exact) mass is 152 g/mol. The molecule has 0 bridgehead atoms. The van der Waals surface area contributed by atoms with E-state index >= 15 is 0 Å². The standard InChI is InChI=1S/C4H8S3/c5-4-3-6-1-2-7-4/h4-5H,1-3H2. The van der Waals surface area contributed by atoms with Gasteiger partial charge in [0.2, 0.25) is 0 Å². The second kappa shape index (κ2) is 3.15. The lowest BCUT2D eigenvalue weighted by atomic mass is 10.9. The van der Waals surface area contributed by atoms with Crippen LogP contribution >= 0.6 is 36.2 Å². The Balaban J connectivity index is 2.12. The summed E-state index contributed by atoms with van der Waals surface area (Å²) in [6.45, 7) is 0. The number of thiol groups is 1. The summed E-state index contributed by atoms with van der Waals surface area (Å²) >= 11 is 8.27. The van der Waals surface area contributed by atoms with E-state index in [1.165, 1.54) is 17.3 Å². The van der Waals surface area contributed by atoms with Gasteiger partial charge in [0.1, 0.15) is 0 Å². The Morgan fingerprint density at radius 3 is 2.57 bits per heavy atom. The minimum absolute atomic E-state index is 0.610. The summed E-state index contributed by atoms with van der Waals surface area (Å²) in [6.07, 6.45) is 0. The molecule has 7 heavy (non-hydrogen) atoms. The van der Waals surface area contributed by atoms with Crippen molar-refractivity contribution in [3.05, 3.63) is 0 Å². The van der Waals surface area contributed by atoms with E-state index in [0.29, 0.717) is 4.58 Å². The number of hydrogen-bond acceptors (Lipinski definition) is 3.